The molecule has 0 aromatic carbocycles. The van der Waals surface area contributed by atoms with Gasteiger partial charge in [-0.2, -0.15) is 18.2 Å². The van der Waals surface area contributed by atoms with Gasteiger partial charge < -0.3 is 10.6 Å². The number of nitrogens with zero attached hydrogens (tertiary/aromatic N) is 4. The van der Waals surface area contributed by atoms with Crippen molar-refractivity contribution in [1.29, 1.82) is 0 Å². The Balaban J connectivity index is 2.93. The zero-order chi connectivity index (χ0) is 13.9. The first kappa shape index (κ1) is 13.9. The molecule has 2 N–H and O–H groups in total. The summed E-state index contributed by atoms with van der Waals surface area (Å²) in [7, 11) is 1.26. The first-order valence-electron chi connectivity index (χ1n) is 4.75. The molecular formula is C8H10F3N5O2. The molecule has 1 aromatic rings. The molecule has 0 radical (unpaired) electrons. The molecule has 0 spiro atoms. The predicted octanol–water partition coefficient (Wildman–Crippen LogP) is 1.36. The molecule has 7 nitrogen and oxygen atoms in total. The molecule has 100 valence electrons. The summed E-state index contributed by atoms with van der Waals surface area (Å²) in [5, 5.41) is 10.7. The van der Waals surface area contributed by atoms with Crippen LogP contribution >= 0.6 is 0 Å². The predicted molar refractivity (Wildman–Crippen MR) is 57.0 cm³/mol. The van der Waals surface area contributed by atoms with Gasteiger partial charge in [0.05, 0.1) is 11.3 Å². The molecule has 10 heteroatoms. The number of halogens is 3. The van der Waals surface area contributed by atoms with Crippen LogP contribution in [0, 0.1) is 10.1 Å². The second-order valence-electron chi connectivity index (χ2n) is 3.48. The molecule has 0 atom stereocenters. The second-order valence-corrected chi connectivity index (χ2v) is 3.48. The summed E-state index contributed by atoms with van der Waals surface area (Å²) in [6.07, 6.45) is -4.59. The van der Waals surface area contributed by atoms with E-state index in [1.54, 1.807) is 0 Å². The van der Waals surface area contributed by atoms with Gasteiger partial charge >= 0.3 is 11.9 Å². The average Bonchev–Trinajstić information content (AvgIpc) is 2.24. The van der Waals surface area contributed by atoms with E-state index in [1.807, 2.05) is 0 Å². The number of anilines is 2. The van der Waals surface area contributed by atoms with Gasteiger partial charge in [0.15, 0.2) is 0 Å². The van der Waals surface area contributed by atoms with Gasteiger partial charge in [-0.15, -0.1) is 0 Å². The quantitative estimate of drug-likeness (QED) is 0.651. The second kappa shape index (κ2) is 5.02. The molecule has 18 heavy (non-hydrogen) atoms. The minimum Gasteiger partial charge on any atom is -0.368 e. The van der Waals surface area contributed by atoms with E-state index in [0.29, 0.717) is 0 Å². The van der Waals surface area contributed by atoms with Gasteiger partial charge in [-0.25, -0.2) is 4.98 Å². The largest absolute Gasteiger partial charge is 0.390 e. The number of rotatable bonds is 4. The van der Waals surface area contributed by atoms with Crippen molar-refractivity contribution in [3.05, 3.63) is 16.3 Å². The molecule has 1 aromatic heterocycles. The summed E-state index contributed by atoms with van der Waals surface area (Å²) < 4.78 is 36.2. The lowest BCUT2D eigenvalue weighted by molar-refractivity contribution is -0.384. The molecule has 0 aliphatic carbocycles. The molecule has 0 amide bonds. The summed E-state index contributed by atoms with van der Waals surface area (Å²) in [4.78, 5) is 17.9. The Labute approximate surface area is 99.6 Å². The summed E-state index contributed by atoms with van der Waals surface area (Å²) in [6, 6.07) is 0. The molecule has 0 saturated heterocycles. The summed E-state index contributed by atoms with van der Waals surface area (Å²) in [6.45, 7) is -0.458. The van der Waals surface area contributed by atoms with Crippen LogP contribution in [0.15, 0.2) is 6.20 Å². The lowest BCUT2D eigenvalue weighted by Gasteiger charge is -2.18. The third-order valence-corrected chi connectivity index (χ3v) is 2.06. The number of hydrogen-bond acceptors (Lipinski definition) is 6. The molecule has 1 heterocycles. The van der Waals surface area contributed by atoms with Crippen LogP contribution in [-0.4, -0.2) is 34.7 Å². The number of nitro groups is 1. The Hall–Kier alpha value is -2.13. The molecule has 0 unspecified atom stereocenters. The first-order chi connectivity index (χ1) is 8.20. The molecule has 0 aliphatic heterocycles. The SMILES string of the molecule is CN(CCC(F)(F)F)c1nc(N)ncc1[N+](=O)[O-]. The summed E-state index contributed by atoms with van der Waals surface area (Å²) in [5.41, 5.74) is 4.76. The van der Waals surface area contributed by atoms with Crippen LogP contribution in [0.1, 0.15) is 6.42 Å². The van der Waals surface area contributed by atoms with Crippen molar-refractivity contribution in [2.75, 3.05) is 24.2 Å². The minimum atomic E-state index is -4.35. The van der Waals surface area contributed by atoms with E-state index < -0.39 is 29.8 Å². The van der Waals surface area contributed by atoms with Gasteiger partial charge in [0.25, 0.3) is 0 Å². The average molecular weight is 265 g/mol. The van der Waals surface area contributed by atoms with E-state index in [2.05, 4.69) is 9.97 Å². The van der Waals surface area contributed by atoms with Crippen LogP contribution in [-0.2, 0) is 0 Å². The number of aromatic nitrogens is 2. The number of nitrogen functional groups attached to an aromatic ring is 1. The Morgan fingerprint density at radius 3 is 2.67 bits per heavy atom. The van der Waals surface area contributed by atoms with Gasteiger partial charge in [0.2, 0.25) is 11.8 Å². The maximum absolute atomic E-state index is 12.1. The Morgan fingerprint density at radius 2 is 2.17 bits per heavy atom. The molecule has 0 saturated carbocycles. The maximum Gasteiger partial charge on any atom is 0.390 e. The van der Waals surface area contributed by atoms with Crippen LogP contribution in [0.2, 0.25) is 0 Å². The van der Waals surface area contributed by atoms with Gasteiger partial charge in [-0.1, -0.05) is 0 Å². The lowest BCUT2D eigenvalue weighted by atomic mass is 10.3. The van der Waals surface area contributed by atoms with Crippen LogP contribution in [0.5, 0.6) is 0 Å². The van der Waals surface area contributed by atoms with E-state index in [-0.39, 0.29) is 11.8 Å². The third kappa shape index (κ3) is 3.71. The smallest absolute Gasteiger partial charge is 0.368 e. The van der Waals surface area contributed by atoms with E-state index >= 15 is 0 Å². The van der Waals surface area contributed by atoms with E-state index in [9.17, 15) is 23.3 Å². The number of alkyl halides is 3. The minimum absolute atomic E-state index is 0.239. The number of nitrogens with two attached hydrogens (primary N) is 1. The summed E-state index contributed by atoms with van der Waals surface area (Å²) in [5.74, 6) is -0.480. The standard InChI is InChI=1S/C8H10F3N5O2/c1-15(3-2-8(9,10)11)6-5(16(17)18)4-13-7(12)14-6/h4H,2-3H2,1H3,(H2,12,13,14). The molecule has 1 rings (SSSR count). The first-order valence-corrected chi connectivity index (χ1v) is 4.75. The van der Waals surface area contributed by atoms with Crippen molar-refractivity contribution in [2.45, 2.75) is 12.6 Å². The maximum atomic E-state index is 12.1. The fourth-order valence-corrected chi connectivity index (χ4v) is 1.19. The van der Waals surface area contributed by atoms with Crippen LogP contribution in [0.4, 0.5) is 30.6 Å². The highest BCUT2D eigenvalue weighted by Crippen LogP contribution is 2.26. The monoisotopic (exact) mass is 265 g/mol. The summed E-state index contributed by atoms with van der Waals surface area (Å²) >= 11 is 0. The zero-order valence-electron chi connectivity index (χ0n) is 9.31. The van der Waals surface area contributed by atoms with Crippen LogP contribution in [0.25, 0.3) is 0 Å². The molecule has 0 fully saturated rings. The third-order valence-electron chi connectivity index (χ3n) is 2.06. The van der Waals surface area contributed by atoms with E-state index in [1.165, 1.54) is 7.05 Å². The molecular weight excluding hydrogens is 255 g/mol. The van der Waals surface area contributed by atoms with Crippen molar-refractivity contribution >= 4 is 17.5 Å². The van der Waals surface area contributed by atoms with E-state index in [0.717, 1.165) is 11.1 Å². The zero-order valence-corrected chi connectivity index (χ0v) is 9.31. The lowest BCUT2D eigenvalue weighted by Crippen LogP contribution is -2.26. The van der Waals surface area contributed by atoms with Crippen molar-refractivity contribution in [3.63, 3.8) is 0 Å². The highest BCUT2D eigenvalue weighted by molar-refractivity contribution is 5.57. The fraction of sp³-hybridized carbons (Fsp3) is 0.500. The number of hydrogen-bond donors (Lipinski definition) is 1. The van der Waals surface area contributed by atoms with E-state index in [4.69, 9.17) is 5.73 Å². The van der Waals surface area contributed by atoms with Gasteiger partial charge in [0, 0.05) is 13.6 Å². The molecule has 0 bridgehead atoms. The Morgan fingerprint density at radius 1 is 1.56 bits per heavy atom. The Kier molecular flexibility index (Phi) is 3.89. The van der Waals surface area contributed by atoms with Crippen molar-refractivity contribution in [3.8, 4) is 0 Å². The topological polar surface area (TPSA) is 98.2 Å². The van der Waals surface area contributed by atoms with Crippen LogP contribution in [0.3, 0.4) is 0 Å². The van der Waals surface area contributed by atoms with Crippen molar-refractivity contribution < 1.29 is 18.1 Å². The Bertz CT molecular complexity index is 451. The van der Waals surface area contributed by atoms with Gasteiger partial charge in [-0.05, 0) is 0 Å². The molecule has 0 aliphatic rings. The van der Waals surface area contributed by atoms with Crippen molar-refractivity contribution in [1.82, 2.24) is 9.97 Å². The van der Waals surface area contributed by atoms with Gasteiger partial charge in [-0.3, -0.25) is 10.1 Å². The van der Waals surface area contributed by atoms with Gasteiger partial charge in [0.1, 0.15) is 6.20 Å². The fourth-order valence-electron chi connectivity index (χ4n) is 1.19. The highest BCUT2D eigenvalue weighted by atomic mass is 19.4. The van der Waals surface area contributed by atoms with Crippen molar-refractivity contribution in [2.24, 2.45) is 0 Å². The normalized spacial score (nSPS) is 11.3. The highest BCUT2D eigenvalue weighted by Gasteiger charge is 2.29. The van der Waals surface area contributed by atoms with Crippen LogP contribution < -0.4 is 10.6 Å².